The molecule has 0 saturated heterocycles. The SMILES string of the molecule is c1ccc(C2(c3ccccc3)c3ccccc3-c3c(N(c4ccc(-c5cccc6c5oc5ccccc56)cc4)c4cccc5c4-c4ccccc4C54c5ccccc5-c5c4ccc4ccccc54)cccc32)cc1. The maximum Gasteiger partial charge on any atom is 0.143 e. The van der Waals surface area contributed by atoms with Gasteiger partial charge in [-0.15, -0.1) is 0 Å². The van der Waals surface area contributed by atoms with Crippen molar-refractivity contribution in [3.63, 3.8) is 0 Å². The maximum absolute atomic E-state index is 6.62. The topological polar surface area (TPSA) is 16.4 Å². The third kappa shape index (κ3) is 5.33. The summed E-state index contributed by atoms with van der Waals surface area (Å²) >= 11 is 0. The molecule has 16 rings (SSSR count). The van der Waals surface area contributed by atoms with E-state index in [0.29, 0.717) is 0 Å². The number of nitrogens with zero attached hydrogens (tertiary/aromatic N) is 1. The third-order valence-corrected chi connectivity index (χ3v) is 16.8. The van der Waals surface area contributed by atoms with Gasteiger partial charge in [-0.3, -0.25) is 0 Å². The largest absolute Gasteiger partial charge is 0.455 e. The second-order valence-corrected chi connectivity index (χ2v) is 20.1. The van der Waals surface area contributed by atoms with Gasteiger partial charge in [0, 0.05) is 33.2 Å². The van der Waals surface area contributed by atoms with Crippen LogP contribution in [0.2, 0.25) is 0 Å². The predicted octanol–water partition coefficient (Wildman–Crippen LogP) is 18.6. The Hall–Kier alpha value is -9.50. The number of rotatable bonds is 6. The highest BCUT2D eigenvalue weighted by Gasteiger charge is 2.53. The van der Waals surface area contributed by atoms with Crippen molar-refractivity contribution in [1.82, 2.24) is 0 Å². The number of fused-ring (bicyclic) bond motifs is 18. The molecule has 74 heavy (non-hydrogen) atoms. The molecule has 0 aliphatic heterocycles. The first-order valence-electron chi connectivity index (χ1n) is 25.8. The van der Waals surface area contributed by atoms with Crippen molar-refractivity contribution in [3.8, 4) is 44.5 Å². The van der Waals surface area contributed by atoms with Gasteiger partial charge in [0.25, 0.3) is 0 Å². The highest BCUT2D eigenvalue weighted by molar-refractivity contribution is 6.11. The Morgan fingerprint density at radius 1 is 0.284 bits per heavy atom. The first kappa shape index (κ1) is 41.2. The molecule has 3 aliphatic carbocycles. The number of hydrogen-bond acceptors (Lipinski definition) is 2. The van der Waals surface area contributed by atoms with Crippen molar-refractivity contribution < 1.29 is 4.42 Å². The zero-order valence-electron chi connectivity index (χ0n) is 40.3. The van der Waals surface area contributed by atoms with E-state index in [4.69, 9.17) is 4.42 Å². The Labute approximate surface area is 429 Å². The molecule has 344 valence electrons. The van der Waals surface area contributed by atoms with Gasteiger partial charge in [-0.05, 0) is 113 Å². The van der Waals surface area contributed by atoms with Gasteiger partial charge in [-0.2, -0.15) is 0 Å². The van der Waals surface area contributed by atoms with Crippen molar-refractivity contribution in [1.29, 1.82) is 0 Å². The highest BCUT2D eigenvalue weighted by atomic mass is 16.3. The molecule has 0 saturated carbocycles. The molecule has 0 amide bonds. The Balaban J connectivity index is 0.992. The van der Waals surface area contributed by atoms with Gasteiger partial charge in [0.15, 0.2) is 0 Å². The Morgan fingerprint density at radius 3 is 1.39 bits per heavy atom. The molecule has 0 N–H and O–H groups in total. The summed E-state index contributed by atoms with van der Waals surface area (Å²) in [7, 11) is 0. The molecular weight excluding hydrogens is 895 g/mol. The molecule has 1 aromatic heterocycles. The predicted molar refractivity (Wildman–Crippen MR) is 305 cm³/mol. The van der Waals surface area contributed by atoms with Gasteiger partial charge in [-0.25, -0.2) is 0 Å². The van der Waals surface area contributed by atoms with E-state index in [2.05, 4.69) is 272 Å². The summed E-state index contributed by atoms with van der Waals surface area (Å²) in [5.74, 6) is 0. The van der Waals surface area contributed by atoms with E-state index in [0.717, 1.165) is 50.1 Å². The van der Waals surface area contributed by atoms with Crippen LogP contribution in [0, 0.1) is 0 Å². The van der Waals surface area contributed by atoms with E-state index in [1.807, 2.05) is 6.07 Å². The average molecular weight is 940 g/mol. The quantitative estimate of drug-likeness (QED) is 0.165. The van der Waals surface area contributed by atoms with Crippen molar-refractivity contribution in [2.75, 3.05) is 4.90 Å². The summed E-state index contributed by atoms with van der Waals surface area (Å²) in [6.45, 7) is 0. The van der Waals surface area contributed by atoms with E-state index in [1.54, 1.807) is 0 Å². The molecule has 0 fully saturated rings. The summed E-state index contributed by atoms with van der Waals surface area (Å²) in [6.07, 6.45) is 0. The average Bonchev–Trinajstić information content (AvgIpc) is 4.22. The second-order valence-electron chi connectivity index (χ2n) is 20.1. The van der Waals surface area contributed by atoms with Crippen LogP contribution in [0.15, 0.2) is 277 Å². The van der Waals surface area contributed by atoms with Crippen LogP contribution in [0.25, 0.3) is 77.2 Å². The van der Waals surface area contributed by atoms with E-state index in [9.17, 15) is 0 Å². The van der Waals surface area contributed by atoms with E-state index in [-0.39, 0.29) is 0 Å². The molecule has 1 atom stereocenters. The molecular formula is C72H45NO. The lowest BCUT2D eigenvalue weighted by atomic mass is 9.68. The van der Waals surface area contributed by atoms with Crippen LogP contribution >= 0.6 is 0 Å². The molecule has 0 bridgehead atoms. The highest BCUT2D eigenvalue weighted by Crippen LogP contribution is 2.66. The van der Waals surface area contributed by atoms with Crippen molar-refractivity contribution in [2.24, 2.45) is 0 Å². The summed E-state index contributed by atoms with van der Waals surface area (Å²) < 4.78 is 6.62. The van der Waals surface area contributed by atoms with Crippen LogP contribution < -0.4 is 4.90 Å². The van der Waals surface area contributed by atoms with Crippen LogP contribution in [0.5, 0.6) is 0 Å². The fourth-order valence-corrected chi connectivity index (χ4v) is 14.0. The number of hydrogen-bond donors (Lipinski definition) is 0. The van der Waals surface area contributed by atoms with Gasteiger partial charge >= 0.3 is 0 Å². The zero-order valence-corrected chi connectivity index (χ0v) is 40.3. The summed E-state index contributed by atoms with van der Waals surface area (Å²) in [5, 5.41) is 4.79. The van der Waals surface area contributed by atoms with Crippen LogP contribution in [-0.2, 0) is 10.8 Å². The van der Waals surface area contributed by atoms with E-state index < -0.39 is 10.8 Å². The Kier molecular flexibility index (Phi) is 8.62. The van der Waals surface area contributed by atoms with Crippen LogP contribution in [0.3, 0.4) is 0 Å². The molecule has 0 radical (unpaired) electrons. The van der Waals surface area contributed by atoms with Gasteiger partial charge in [-0.1, -0.05) is 243 Å². The van der Waals surface area contributed by atoms with Crippen LogP contribution in [-0.4, -0.2) is 0 Å². The van der Waals surface area contributed by atoms with Gasteiger partial charge in [0.2, 0.25) is 0 Å². The fraction of sp³-hybridized carbons (Fsp3) is 0.0278. The lowest BCUT2D eigenvalue weighted by Crippen LogP contribution is -2.28. The normalized spacial score (nSPS) is 15.2. The van der Waals surface area contributed by atoms with Gasteiger partial charge in [0.05, 0.1) is 22.2 Å². The zero-order chi connectivity index (χ0) is 48.5. The van der Waals surface area contributed by atoms with E-state index >= 15 is 0 Å². The molecule has 3 aliphatic rings. The lowest BCUT2D eigenvalue weighted by molar-refractivity contribution is 0.670. The number of para-hydroxylation sites is 2. The van der Waals surface area contributed by atoms with Crippen molar-refractivity contribution >= 4 is 49.8 Å². The maximum atomic E-state index is 6.62. The summed E-state index contributed by atoms with van der Waals surface area (Å²) in [6, 6.07) is 102. The molecule has 13 aromatic rings. The monoisotopic (exact) mass is 939 g/mol. The van der Waals surface area contributed by atoms with Gasteiger partial charge in [0.1, 0.15) is 11.2 Å². The molecule has 12 aromatic carbocycles. The van der Waals surface area contributed by atoms with Crippen molar-refractivity contribution in [2.45, 2.75) is 10.8 Å². The molecule has 1 spiro atoms. The minimum atomic E-state index is -0.569. The van der Waals surface area contributed by atoms with Crippen LogP contribution in [0.4, 0.5) is 17.1 Å². The third-order valence-electron chi connectivity index (χ3n) is 16.8. The number of benzene rings is 12. The van der Waals surface area contributed by atoms with Gasteiger partial charge < -0.3 is 9.32 Å². The number of anilines is 3. The minimum absolute atomic E-state index is 0.542. The summed E-state index contributed by atoms with van der Waals surface area (Å²) in [4.78, 5) is 2.57. The standard InChI is InChI=1S/C72H45NO/c1-3-21-48(22-4-1)71(49-23-5-2-6-24-49)58-32-13-10-28-56(58)68-61(71)35-18-37-64(68)73(50-43-40-47(41-44-50)52-30-17-31-54-53-26-12-16-39-66(53)74-70(52)54)65-38-19-36-62-69(65)57-29-11-15-34-60(57)72(62)59-33-14-9-27-55(59)67-51-25-8-7-20-46(51)42-45-63(67)72/h1-45H. The molecule has 1 heterocycles. The minimum Gasteiger partial charge on any atom is -0.455 e. The van der Waals surface area contributed by atoms with Crippen LogP contribution in [0.1, 0.15) is 44.5 Å². The summed E-state index contributed by atoms with van der Waals surface area (Å²) in [5.41, 5.74) is 24.1. The van der Waals surface area contributed by atoms with E-state index in [1.165, 1.54) is 88.7 Å². The first-order chi connectivity index (χ1) is 36.7. The molecule has 1 unspecified atom stereocenters. The van der Waals surface area contributed by atoms with Crippen molar-refractivity contribution in [3.05, 3.63) is 317 Å². The lowest BCUT2D eigenvalue weighted by Gasteiger charge is -2.35. The fourth-order valence-electron chi connectivity index (χ4n) is 14.0. The molecule has 2 heteroatoms. The smallest absolute Gasteiger partial charge is 0.143 e. The Morgan fingerprint density at radius 2 is 0.743 bits per heavy atom. The number of furan rings is 1. The Bertz CT molecular complexity index is 4390. The first-order valence-corrected chi connectivity index (χ1v) is 25.8. The second kappa shape index (κ2) is 15.5. The molecule has 2 nitrogen and oxygen atoms in total.